The summed E-state index contributed by atoms with van der Waals surface area (Å²) in [4.78, 5) is 8.74. The van der Waals surface area contributed by atoms with E-state index in [1.165, 1.54) is 11.6 Å². The molecule has 1 atom stereocenters. The van der Waals surface area contributed by atoms with Gasteiger partial charge in [-0.3, -0.25) is 4.90 Å². The Hall–Kier alpha value is -2.28. The van der Waals surface area contributed by atoms with Crippen molar-refractivity contribution in [3.05, 3.63) is 53.7 Å². The zero-order valence-electron chi connectivity index (χ0n) is 14.3. The van der Waals surface area contributed by atoms with Gasteiger partial charge >= 0.3 is 6.18 Å². The lowest BCUT2D eigenvalue weighted by atomic mass is 10.1. The summed E-state index contributed by atoms with van der Waals surface area (Å²) in [6, 6.07) is 11.8. The maximum atomic E-state index is 13.0. The van der Waals surface area contributed by atoms with Gasteiger partial charge in [-0.1, -0.05) is 30.3 Å². The summed E-state index contributed by atoms with van der Waals surface area (Å²) in [5, 5.41) is 3.14. The van der Waals surface area contributed by atoms with Gasteiger partial charge in [0.15, 0.2) is 5.82 Å². The minimum Gasteiger partial charge on any atom is -0.382 e. The average Bonchev–Trinajstić information content (AvgIpc) is 2.80. The van der Waals surface area contributed by atoms with E-state index in [9.17, 15) is 13.2 Å². The van der Waals surface area contributed by atoms with Gasteiger partial charge < -0.3 is 10.2 Å². The molecular weight excluding hydrogens is 341 g/mol. The first-order valence-corrected chi connectivity index (χ1v) is 8.85. The van der Waals surface area contributed by atoms with E-state index in [0.29, 0.717) is 18.1 Å². The second-order valence-electron chi connectivity index (χ2n) is 6.88. The lowest BCUT2D eigenvalue weighted by Crippen LogP contribution is -2.53. The second kappa shape index (κ2) is 6.79. The fraction of sp³-hybridized carbons (Fsp3) is 0.421. The fourth-order valence-electron chi connectivity index (χ4n) is 3.78. The number of fused-ring (bicyclic) bond motifs is 3. The molecule has 2 aromatic rings. The molecule has 0 radical (unpaired) electrons. The number of hydrogen-bond acceptors (Lipinski definition) is 4. The van der Waals surface area contributed by atoms with Crippen molar-refractivity contribution in [2.75, 3.05) is 36.4 Å². The van der Waals surface area contributed by atoms with E-state index >= 15 is 0 Å². The van der Waals surface area contributed by atoms with Gasteiger partial charge in [-0.15, -0.1) is 0 Å². The summed E-state index contributed by atoms with van der Waals surface area (Å²) in [7, 11) is 0. The lowest BCUT2D eigenvalue weighted by molar-refractivity contribution is -0.137. The molecule has 1 fully saturated rings. The summed E-state index contributed by atoms with van der Waals surface area (Å²) in [5.41, 5.74) is 1.06. The molecule has 3 heterocycles. The van der Waals surface area contributed by atoms with E-state index in [4.69, 9.17) is 0 Å². The molecule has 0 bridgehead atoms. The van der Waals surface area contributed by atoms with Crippen LogP contribution in [0.3, 0.4) is 0 Å². The van der Waals surface area contributed by atoms with Gasteiger partial charge in [-0.05, 0) is 18.1 Å². The first kappa shape index (κ1) is 17.1. The van der Waals surface area contributed by atoms with Gasteiger partial charge in [-0.25, -0.2) is 4.98 Å². The van der Waals surface area contributed by atoms with Crippen molar-refractivity contribution in [3.8, 4) is 0 Å². The van der Waals surface area contributed by atoms with Crippen LogP contribution in [-0.2, 0) is 12.7 Å². The predicted molar refractivity (Wildman–Crippen MR) is 95.2 cm³/mol. The number of anilines is 2. The highest BCUT2D eigenvalue weighted by atomic mass is 19.4. The van der Waals surface area contributed by atoms with E-state index in [-0.39, 0.29) is 6.04 Å². The SMILES string of the molecule is FC(F)(F)c1cnc2c(c1)NCC[C@H]1CN(Cc3ccccc3)CCN21. The molecule has 4 rings (SSSR count). The normalized spacial score (nSPS) is 20.7. The highest BCUT2D eigenvalue weighted by molar-refractivity contribution is 5.68. The van der Waals surface area contributed by atoms with Gasteiger partial charge in [0.1, 0.15) is 0 Å². The second-order valence-corrected chi connectivity index (χ2v) is 6.88. The number of rotatable bonds is 2. The van der Waals surface area contributed by atoms with Crippen molar-refractivity contribution in [3.63, 3.8) is 0 Å². The molecule has 0 unspecified atom stereocenters. The van der Waals surface area contributed by atoms with Crippen molar-refractivity contribution < 1.29 is 13.2 Å². The van der Waals surface area contributed by atoms with Crippen LogP contribution in [0.4, 0.5) is 24.7 Å². The highest BCUT2D eigenvalue weighted by Gasteiger charge is 2.35. The number of hydrogen-bond donors (Lipinski definition) is 1. The molecule has 4 nitrogen and oxygen atoms in total. The Balaban J connectivity index is 1.52. The topological polar surface area (TPSA) is 31.4 Å². The highest BCUT2D eigenvalue weighted by Crippen LogP contribution is 2.36. The molecular formula is C19H21F3N4. The quantitative estimate of drug-likeness (QED) is 0.884. The Labute approximate surface area is 150 Å². The van der Waals surface area contributed by atoms with Crippen LogP contribution in [0.1, 0.15) is 17.5 Å². The molecule has 7 heteroatoms. The third kappa shape index (κ3) is 3.49. The summed E-state index contributed by atoms with van der Waals surface area (Å²) < 4.78 is 38.9. The molecule has 138 valence electrons. The van der Waals surface area contributed by atoms with E-state index < -0.39 is 11.7 Å². The zero-order valence-corrected chi connectivity index (χ0v) is 14.3. The van der Waals surface area contributed by atoms with E-state index in [0.717, 1.165) is 38.8 Å². The Morgan fingerprint density at radius 2 is 1.96 bits per heavy atom. The van der Waals surface area contributed by atoms with Crippen LogP contribution in [-0.4, -0.2) is 42.1 Å². The standard InChI is InChI=1S/C19H21F3N4/c20-19(21,22)15-10-17-18(24-11-15)26-9-8-25(13-16(26)6-7-23-17)12-14-4-2-1-3-5-14/h1-5,10-11,16,23H,6-9,12-13H2/t16-/m0/s1. The number of halogens is 3. The summed E-state index contributed by atoms with van der Waals surface area (Å²) in [5.74, 6) is 0.639. The van der Waals surface area contributed by atoms with E-state index in [1.807, 2.05) is 18.2 Å². The monoisotopic (exact) mass is 362 g/mol. The Morgan fingerprint density at radius 3 is 2.73 bits per heavy atom. The molecule has 0 aliphatic carbocycles. The minimum absolute atomic E-state index is 0.255. The van der Waals surface area contributed by atoms with Crippen LogP contribution in [0.2, 0.25) is 0 Å². The lowest BCUT2D eigenvalue weighted by Gasteiger charge is -2.41. The number of benzene rings is 1. The number of aromatic nitrogens is 1. The number of pyridine rings is 1. The molecule has 0 spiro atoms. The number of piperazine rings is 1. The molecule has 0 amide bonds. The van der Waals surface area contributed by atoms with Gasteiger partial charge in [0.05, 0.1) is 11.3 Å². The molecule has 1 aromatic heterocycles. The molecule has 1 N–H and O–H groups in total. The molecule has 1 aromatic carbocycles. The van der Waals surface area contributed by atoms with Crippen LogP contribution in [0.25, 0.3) is 0 Å². The number of alkyl halides is 3. The Morgan fingerprint density at radius 1 is 1.15 bits per heavy atom. The summed E-state index contributed by atoms with van der Waals surface area (Å²) in [6.45, 7) is 4.07. The van der Waals surface area contributed by atoms with Crippen molar-refractivity contribution >= 4 is 11.5 Å². The van der Waals surface area contributed by atoms with Gasteiger partial charge in [0, 0.05) is 45.0 Å². The zero-order chi connectivity index (χ0) is 18.1. The van der Waals surface area contributed by atoms with E-state index in [2.05, 4.69) is 32.2 Å². The maximum absolute atomic E-state index is 13.0. The van der Waals surface area contributed by atoms with Crippen molar-refractivity contribution in [2.24, 2.45) is 0 Å². The Bertz CT molecular complexity index is 763. The van der Waals surface area contributed by atoms with Gasteiger partial charge in [-0.2, -0.15) is 13.2 Å². The number of nitrogens with zero attached hydrogens (tertiary/aromatic N) is 3. The smallest absolute Gasteiger partial charge is 0.382 e. The van der Waals surface area contributed by atoms with Crippen LogP contribution >= 0.6 is 0 Å². The predicted octanol–water partition coefficient (Wildman–Crippen LogP) is 3.61. The van der Waals surface area contributed by atoms with Crippen molar-refractivity contribution in [1.29, 1.82) is 0 Å². The first-order chi connectivity index (χ1) is 12.5. The van der Waals surface area contributed by atoms with Gasteiger partial charge in [0.25, 0.3) is 0 Å². The van der Waals surface area contributed by atoms with Crippen molar-refractivity contribution in [2.45, 2.75) is 25.2 Å². The van der Waals surface area contributed by atoms with Crippen molar-refractivity contribution in [1.82, 2.24) is 9.88 Å². The molecule has 26 heavy (non-hydrogen) atoms. The third-order valence-corrected chi connectivity index (χ3v) is 5.07. The fourth-order valence-corrected chi connectivity index (χ4v) is 3.78. The summed E-state index contributed by atoms with van der Waals surface area (Å²) >= 11 is 0. The molecule has 2 aliphatic heterocycles. The third-order valence-electron chi connectivity index (χ3n) is 5.07. The first-order valence-electron chi connectivity index (χ1n) is 8.85. The Kier molecular flexibility index (Phi) is 4.48. The van der Waals surface area contributed by atoms with Crippen LogP contribution in [0.15, 0.2) is 42.6 Å². The number of nitrogens with one attached hydrogen (secondary N) is 1. The summed E-state index contributed by atoms with van der Waals surface area (Å²) in [6.07, 6.45) is -2.55. The average molecular weight is 362 g/mol. The van der Waals surface area contributed by atoms with Crippen LogP contribution in [0, 0.1) is 0 Å². The molecule has 1 saturated heterocycles. The largest absolute Gasteiger partial charge is 0.417 e. The molecule has 0 saturated carbocycles. The van der Waals surface area contributed by atoms with Crippen LogP contribution < -0.4 is 10.2 Å². The maximum Gasteiger partial charge on any atom is 0.417 e. The van der Waals surface area contributed by atoms with Gasteiger partial charge in [0.2, 0.25) is 0 Å². The van der Waals surface area contributed by atoms with E-state index in [1.54, 1.807) is 0 Å². The minimum atomic E-state index is -4.37. The molecule has 2 aliphatic rings. The van der Waals surface area contributed by atoms with Crippen LogP contribution in [0.5, 0.6) is 0 Å².